The summed E-state index contributed by atoms with van der Waals surface area (Å²) in [6.45, 7) is 0. The average Bonchev–Trinajstić information content (AvgIpc) is 2.49. The average molecular weight is 296 g/mol. The smallest absolute Gasteiger partial charge is 0.243 e. The second-order valence-corrected chi connectivity index (χ2v) is 6.08. The van der Waals surface area contributed by atoms with Crippen molar-refractivity contribution in [1.82, 2.24) is 15.0 Å². The normalized spacial score (nSPS) is 18.9. The second-order valence-electron chi connectivity index (χ2n) is 3.18. The first-order chi connectivity index (χ1) is 8.93. The molecule has 18 heavy (non-hydrogen) atoms. The van der Waals surface area contributed by atoms with Crippen LogP contribution in [-0.4, -0.2) is 37.8 Å². The molecule has 0 unspecified atom stereocenters. The van der Waals surface area contributed by atoms with E-state index in [0.717, 1.165) is 5.08 Å². The van der Waals surface area contributed by atoms with Crippen molar-refractivity contribution in [2.24, 2.45) is 9.39 Å². The van der Waals surface area contributed by atoms with Gasteiger partial charge in [0, 0.05) is 6.20 Å². The van der Waals surface area contributed by atoms with E-state index in [1.807, 2.05) is 15.9 Å². The molecule has 0 atom stereocenters. The highest BCUT2D eigenvalue weighted by atomic mass is 32.2. The number of thioether (sulfide) groups is 1. The monoisotopic (exact) mass is 296 g/mol. The number of aliphatic imine (C=N–C) groups is 1. The van der Waals surface area contributed by atoms with Gasteiger partial charge >= 0.3 is 0 Å². The van der Waals surface area contributed by atoms with Gasteiger partial charge in [0.05, 0.1) is 11.3 Å². The molecule has 0 fully saturated rings. The molecule has 92 valence electrons. The molecule has 0 amide bonds. The predicted molar refractivity (Wildman–Crippen MR) is 79.0 cm³/mol. The molecule has 6 nitrogen and oxygen atoms in total. The Bertz CT molecular complexity index is 529. The number of nitrogens with zero attached hydrogens (tertiary/aromatic N) is 6. The maximum atomic E-state index is 4.41. The van der Waals surface area contributed by atoms with Gasteiger partial charge in [0.15, 0.2) is 5.82 Å². The highest BCUT2D eigenvalue weighted by Crippen LogP contribution is 2.27. The predicted octanol–water partition coefficient (Wildman–Crippen LogP) is 1.98. The van der Waals surface area contributed by atoms with E-state index in [2.05, 4.69) is 24.3 Å². The zero-order valence-electron chi connectivity index (χ0n) is 9.13. The largest absolute Gasteiger partial charge is 0.278 e. The molecule has 0 aliphatic carbocycles. The van der Waals surface area contributed by atoms with Crippen molar-refractivity contribution in [1.29, 1.82) is 0 Å². The highest BCUT2D eigenvalue weighted by molar-refractivity contribution is 8.18. The SMILES string of the molecule is C1=CN(c2ncnc(C3=NSCN=C3)n2)SCS1. The Morgan fingerprint density at radius 1 is 1.28 bits per heavy atom. The highest BCUT2D eigenvalue weighted by Gasteiger charge is 2.14. The van der Waals surface area contributed by atoms with Crippen LogP contribution in [0.15, 0.2) is 27.3 Å². The first kappa shape index (κ1) is 12.0. The van der Waals surface area contributed by atoms with Crippen LogP contribution in [-0.2, 0) is 0 Å². The van der Waals surface area contributed by atoms with Gasteiger partial charge in [-0.2, -0.15) is 4.98 Å². The van der Waals surface area contributed by atoms with Gasteiger partial charge in [-0.3, -0.25) is 9.30 Å². The Morgan fingerprint density at radius 2 is 2.28 bits per heavy atom. The third kappa shape index (κ3) is 2.68. The summed E-state index contributed by atoms with van der Waals surface area (Å²) in [6.07, 6.45) is 5.15. The van der Waals surface area contributed by atoms with Gasteiger partial charge in [0.25, 0.3) is 0 Å². The molecule has 0 radical (unpaired) electrons. The fourth-order valence-corrected chi connectivity index (χ4v) is 3.40. The molecule has 3 rings (SSSR count). The van der Waals surface area contributed by atoms with E-state index in [4.69, 9.17) is 0 Å². The van der Waals surface area contributed by atoms with E-state index in [0.29, 0.717) is 23.4 Å². The maximum Gasteiger partial charge on any atom is 0.243 e. The zero-order chi connectivity index (χ0) is 12.2. The Balaban J connectivity index is 1.89. The fourth-order valence-electron chi connectivity index (χ4n) is 1.29. The molecule has 9 heteroatoms. The van der Waals surface area contributed by atoms with E-state index < -0.39 is 0 Å². The zero-order valence-corrected chi connectivity index (χ0v) is 11.6. The van der Waals surface area contributed by atoms with Crippen LogP contribution in [0.3, 0.4) is 0 Å². The van der Waals surface area contributed by atoms with E-state index >= 15 is 0 Å². The number of hydrogen-bond acceptors (Lipinski definition) is 9. The molecule has 0 bridgehead atoms. The van der Waals surface area contributed by atoms with E-state index in [-0.39, 0.29) is 0 Å². The summed E-state index contributed by atoms with van der Waals surface area (Å²) in [7, 11) is 0. The quantitative estimate of drug-likeness (QED) is 0.773. The molecular weight excluding hydrogens is 288 g/mol. The molecule has 0 saturated heterocycles. The molecule has 0 N–H and O–H groups in total. The summed E-state index contributed by atoms with van der Waals surface area (Å²) in [6, 6.07) is 0. The molecule has 0 aromatic carbocycles. The summed E-state index contributed by atoms with van der Waals surface area (Å²) in [5.74, 6) is 1.83. The van der Waals surface area contributed by atoms with Crippen molar-refractivity contribution in [3.8, 4) is 0 Å². The Kier molecular flexibility index (Phi) is 3.81. The van der Waals surface area contributed by atoms with Crippen LogP contribution >= 0.6 is 35.7 Å². The molecule has 1 aromatic heterocycles. The maximum absolute atomic E-state index is 4.41. The summed E-state index contributed by atoms with van der Waals surface area (Å²) in [5.41, 5.74) is 0.690. The number of rotatable bonds is 2. The molecule has 2 aliphatic heterocycles. The van der Waals surface area contributed by atoms with Gasteiger partial charge in [0.2, 0.25) is 5.95 Å². The summed E-state index contributed by atoms with van der Waals surface area (Å²) in [4.78, 5) is 16.9. The van der Waals surface area contributed by atoms with Crippen molar-refractivity contribution in [3.05, 3.63) is 23.8 Å². The van der Waals surface area contributed by atoms with Crippen molar-refractivity contribution in [3.63, 3.8) is 0 Å². The number of anilines is 1. The van der Waals surface area contributed by atoms with Gasteiger partial charge in [-0.15, -0.1) is 11.8 Å². The van der Waals surface area contributed by atoms with Crippen LogP contribution in [0, 0.1) is 0 Å². The summed E-state index contributed by atoms with van der Waals surface area (Å²) < 4.78 is 6.20. The lowest BCUT2D eigenvalue weighted by atomic mass is 10.4. The first-order valence-corrected chi connectivity index (χ1v) is 7.96. The minimum atomic E-state index is 0.558. The van der Waals surface area contributed by atoms with Gasteiger partial charge < -0.3 is 0 Å². The van der Waals surface area contributed by atoms with Crippen molar-refractivity contribution in [2.45, 2.75) is 0 Å². The molecule has 3 heterocycles. The summed E-state index contributed by atoms with van der Waals surface area (Å²) in [5, 5.41) is 2.98. The number of hydrogen-bond donors (Lipinski definition) is 0. The minimum absolute atomic E-state index is 0.558. The van der Waals surface area contributed by atoms with Gasteiger partial charge in [-0.25, -0.2) is 14.4 Å². The van der Waals surface area contributed by atoms with Gasteiger partial charge in [-0.1, -0.05) is 0 Å². The van der Waals surface area contributed by atoms with Crippen LogP contribution in [0.2, 0.25) is 0 Å². The molecule has 2 aliphatic rings. The minimum Gasteiger partial charge on any atom is -0.278 e. The molecule has 1 aromatic rings. The second kappa shape index (κ2) is 5.72. The van der Waals surface area contributed by atoms with Crippen molar-refractivity contribution < 1.29 is 0 Å². The van der Waals surface area contributed by atoms with E-state index in [1.165, 1.54) is 18.3 Å². The van der Waals surface area contributed by atoms with Crippen molar-refractivity contribution in [2.75, 3.05) is 15.3 Å². The Hall–Kier alpha value is -1.06. The van der Waals surface area contributed by atoms with E-state index in [1.54, 1.807) is 29.9 Å². The van der Waals surface area contributed by atoms with Crippen LogP contribution in [0.4, 0.5) is 5.95 Å². The van der Waals surface area contributed by atoms with Crippen LogP contribution in [0.5, 0.6) is 0 Å². The van der Waals surface area contributed by atoms with E-state index in [9.17, 15) is 0 Å². The lowest BCUT2D eigenvalue weighted by molar-refractivity contribution is 1.02. The number of aromatic nitrogens is 3. The standard InChI is InChI=1S/C9H8N6S3/c1-2-16-6-18-15(1)9-12-4-11-8(13-9)7-3-10-5-17-14-7/h1-4H,5-6H2. The van der Waals surface area contributed by atoms with Crippen LogP contribution in [0.25, 0.3) is 0 Å². The fraction of sp³-hybridized carbons (Fsp3) is 0.222. The molecule has 0 saturated carbocycles. The first-order valence-electron chi connectivity index (χ1n) is 5.03. The topological polar surface area (TPSA) is 66.6 Å². The Morgan fingerprint density at radius 3 is 3.06 bits per heavy atom. The van der Waals surface area contributed by atoms with Crippen LogP contribution in [0.1, 0.15) is 5.82 Å². The molecular formula is C9H8N6S3. The van der Waals surface area contributed by atoms with Gasteiger partial charge in [-0.05, 0) is 29.3 Å². The lowest BCUT2D eigenvalue weighted by Gasteiger charge is -2.19. The summed E-state index contributed by atoms with van der Waals surface area (Å²) >= 11 is 4.79. The van der Waals surface area contributed by atoms with Crippen LogP contribution < -0.4 is 4.31 Å². The van der Waals surface area contributed by atoms with Gasteiger partial charge in [0.1, 0.15) is 17.9 Å². The Labute approximate surface area is 117 Å². The third-order valence-corrected chi connectivity index (χ3v) is 4.48. The van der Waals surface area contributed by atoms with Crippen molar-refractivity contribution >= 4 is 53.5 Å². The third-order valence-electron chi connectivity index (χ3n) is 2.05. The lowest BCUT2D eigenvalue weighted by Crippen LogP contribution is -2.16. The molecule has 0 spiro atoms.